The van der Waals surface area contributed by atoms with E-state index >= 15 is 0 Å². The van der Waals surface area contributed by atoms with E-state index < -0.39 is 0 Å². The van der Waals surface area contributed by atoms with Crippen LogP contribution in [0.4, 0.5) is 0 Å². The van der Waals surface area contributed by atoms with E-state index in [1.54, 1.807) is 0 Å². The molecule has 0 radical (unpaired) electrons. The number of amides is 2. The largest absolute Gasteiger partial charge is 0.299 e. The van der Waals surface area contributed by atoms with Crippen molar-refractivity contribution < 1.29 is 9.59 Å². The second-order valence-corrected chi connectivity index (χ2v) is 5.25. The molecule has 0 saturated carbocycles. The van der Waals surface area contributed by atoms with E-state index in [1.165, 1.54) is 16.7 Å². The molecule has 1 aromatic carbocycles. The monoisotopic (exact) mass is 260 g/mol. The van der Waals surface area contributed by atoms with Crippen LogP contribution in [0.5, 0.6) is 0 Å². The molecule has 1 aliphatic heterocycles. The topological polar surface area (TPSA) is 58.2 Å². The highest BCUT2D eigenvalue weighted by atomic mass is 16.2. The fourth-order valence-electron chi connectivity index (χ4n) is 2.47. The summed E-state index contributed by atoms with van der Waals surface area (Å²) in [5.74, 6) is -0.393. The zero-order valence-corrected chi connectivity index (χ0v) is 11.6. The lowest BCUT2D eigenvalue weighted by atomic mass is 9.98. The van der Waals surface area contributed by atoms with E-state index in [-0.39, 0.29) is 23.9 Å². The fourth-order valence-corrected chi connectivity index (χ4v) is 2.47. The number of hydrogen-bond donors (Lipinski definition) is 2. The van der Waals surface area contributed by atoms with Crippen LogP contribution < -0.4 is 10.6 Å². The Morgan fingerprint density at radius 3 is 2.74 bits per heavy atom. The van der Waals surface area contributed by atoms with Crippen molar-refractivity contribution in [2.24, 2.45) is 0 Å². The van der Waals surface area contributed by atoms with Crippen molar-refractivity contribution in [2.45, 2.75) is 45.7 Å². The zero-order valence-electron chi connectivity index (χ0n) is 11.6. The summed E-state index contributed by atoms with van der Waals surface area (Å²) in [7, 11) is 0. The van der Waals surface area contributed by atoms with Crippen molar-refractivity contribution in [3.05, 3.63) is 34.9 Å². The summed E-state index contributed by atoms with van der Waals surface area (Å²) < 4.78 is 0. The van der Waals surface area contributed by atoms with E-state index in [0.29, 0.717) is 12.8 Å². The molecule has 0 aliphatic carbocycles. The highest BCUT2D eigenvalue weighted by Gasteiger charge is 2.27. The van der Waals surface area contributed by atoms with Crippen LogP contribution in [0.25, 0.3) is 0 Å². The minimum atomic E-state index is -0.285. The number of imide groups is 1. The van der Waals surface area contributed by atoms with Crippen LogP contribution in [0.1, 0.15) is 42.5 Å². The summed E-state index contributed by atoms with van der Waals surface area (Å²) >= 11 is 0. The Morgan fingerprint density at radius 1 is 1.32 bits per heavy atom. The number of aryl methyl sites for hydroxylation is 2. The van der Waals surface area contributed by atoms with Crippen LogP contribution in [0.15, 0.2) is 18.2 Å². The molecule has 1 aliphatic rings. The molecule has 19 heavy (non-hydrogen) atoms. The minimum absolute atomic E-state index is 0.0869. The van der Waals surface area contributed by atoms with Gasteiger partial charge in [0.25, 0.3) is 0 Å². The van der Waals surface area contributed by atoms with Crippen LogP contribution in [-0.4, -0.2) is 17.9 Å². The summed E-state index contributed by atoms with van der Waals surface area (Å²) in [5.41, 5.74) is 3.61. The second kappa shape index (κ2) is 5.53. The Labute approximate surface area is 113 Å². The lowest BCUT2D eigenvalue weighted by Crippen LogP contribution is -2.51. The Balaban J connectivity index is 2.08. The second-order valence-electron chi connectivity index (χ2n) is 5.25. The molecule has 2 amide bonds. The molecular formula is C15H20N2O2. The van der Waals surface area contributed by atoms with Crippen LogP contribution in [-0.2, 0) is 9.59 Å². The third-order valence-corrected chi connectivity index (χ3v) is 3.59. The third-order valence-electron chi connectivity index (χ3n) is 3.59. The van der Waals surface area contributed by atoms with Crippen LogP contribution >= 0.6 is 0 Å². The van der Waals surface area contributed by atoms with Gasteiger partial charge in [-0.25, -0.2) is 0 Å². The Kier molecular flexibility index (Phi) is 4.00. The van der Waals surface area contributed by atoms with Gasteiger partial charge in [0.2, 0.25) is 11.8 Å². The normalized spacial score (nSPS) is 21.1. The van der Waals surface area contributed by atoms with Gasteiger partial charge in [-0.3, -0.25) is 20.2 Å². The predicted molar refractivity (Wildman–Crippen MR) is 73.6 cm³/mol. The smallest absolute Gasteiger partial charge is 0.243 e. The highest BCUT2D eigenvalue weighted by Crippen LogP contribution is 2.20. The van der Waals surface area contributed by atoms with Crippen molar-refractivity contribution in [3.63, 3.8) is 0 Å². The summed E-state index contributed by atoms with van der Waals surface area (Å²) in [6, 6.07) is 6.11. The zero-order chi connectivity index (χ0) is 14.0. The third kappa shape index (κ3) is 3.20. The molecule has 2 N–H and O–H groups in total. The predicted octanol–water partition coefficient (Wildman–Crippen LogP) is 1.76. The number of hydrogen-bond acceptors (Lipinski definition) is 3. The molecule has 0 aromatic heterocycles. The maximum Gasteiger partial charge on any atom is 0.243 e. The molecule has 1 fully saturated rings. The highest BCUT2D eigenvalue weighted by molar-refractivity contribution is 6.00. The van der Waals surface area contributed by atoms with E-state index in [2.05, 4.69) is 42.7 Å². The summed E-state index contributed by atoms with van der Waals surface area (Å²) in [4.78, 5) is 22.8. The SMILES string of the molecule is Cc1ccc(C)c(C(C)NC2CCC(=O)NC2=O)c1. The molecule has 2 atom stereocenters. The number of rotatable bonds is 3. The Bertz CT molecular complexity index is 511. The van der Waals surface area contributed by atoms with Gasteiger partial charge >= 0.3 is 0 Å². The van der Waals surface area contributed by atoms with Gasteiger partial charge in [0.1, 0.15) is 0 Å². The van der Waals surface area contributed by atoms with E-state index in [4.69, 9.17) is 0 Å². The molecule has 1 aromatic rings. The molecule has 2 unspecified atom stereocenters. The van der Waals surface area contributed by atoms with Gasteiger partial charge in [0, 0.05) is 12.5 Å². The summed E-state index contributed by atoms with van der Waals surface area (Å²) in [5, 5.41) is 5.68. The first kappa shape index (κ1) is 13.7. The number of carbonyl (C=O) groups is 2. The van der Waals surface area contributed by atoms with E-state index in [9.17, 15) is 9.59 Å². The van der Waals surface area contributed by atoms with E-state index in [1.807, 2.05) is 6.92 Å². The molecular weight excluding hydrogens is 240 g/mol. The summed E-state index contributed by atoms with van der Waals surface area (Å²) in [6.07, 6.45) is 0.975. The minimum Gasteiger partial charge on any atom is -0.299 e. The van der Waals surface area contributed by atoms with Gasteiger partial charge in [-0.15, -0.1) is 0 Å². The van der Waals surface area contributed by atoms with Gasteiger partial charge in [-0.05, 0) is 38.3 Å². The van der Waals surface area contributed by atoms with Gasteiger partial charge in [-0.1, -0.05) is 23.8 Å². The quantitative estimate of drug-likeness (QED) is 0.814. The van der Waals surface area contributed by atoms with Crippen molar-refractivity contribution >= 4 is 11.8 Å². The van der Waals surface area contributed by atoms with Gasteiger partial charge < -0.3 is 0 Å². The van der Waals surface area contributed by atoms with Gasteiger partial charge in [0.05, 0.1) is 6.04 Å². The molecule has 0 bridgehead atoms. The number of carbonyl (C=O) groups excluding carboxylic acids is 2. The first-order chi connectivity index (χ1) is 8.97. The van der Waals surface area contributed by atoms with Crippen molar-refractivity contribution in [1.29, 1.82) is 0 Å². The van der Waals surface area contributed by atoms with Crippen molar-refractivity contribution in [1.82, 2.24) is 10.6 Å². The maximum absolute atomic E-state index is 11.7. The lowest BCUT2D eigenvalue weighted by molar-refractivity contribution is -0.134. The molecule has 102 valence electrons. The molecule has 2 rings (SSSR count). The van der Waals surface area contributed by atoms with Crippen molar-refractivity contribution in [2.75, 3.05) is 0 Å². The van der Waals surface area contributed by atoms with Gasteiger partial charge in [-0.2, -0.15) is 0 Å². The number of benzene rings is 1. The average molecular weight is 260 g/mol. The molecule has 4 heteroatoms. The fraction of sp³-hybridized carbons (Fsp3) is 0.467. The molecule has 4 nitrogen and oxygen atoms in total. The van der Waals surface area contributed by atoms with Crippen LogP contribution in [0, 0.1) is 13.8 Å². The van der Waals surface area contributed by atoms with Crippen LogP contribution in [0.3, 0.4) is 0 Å². The Hall–Kier alpha value is -1.68. The maximum atomic E-state index is 11.7. The molecule has 0 spiro atoms. The first-order valence-electron chi connectivity index (χ1n) is 6.64. The van der Waals surface area contributed by atoms with Crippen molar-refractivity contribution in [3.8, 4) is 0 Å². The number of piperidine rings is 1. The molecule has 1 saturated heterocycles. The number of nitrogens with one attached hydrogen (secondary N) is 2. The van der Waals surface area contributed by atoms with Gasteiger partial charge in [0.15, 0.2) is 0 Å². The molecule has 1 heterocycles. The Morgan fingerprint density at radius 2 is 2.05 bits per heavy atom. The average Bonchev–Trinajstić information content (AvgIpc) is 2.35. The lowest BCUT2D eigenvalue weighted by Gasteiger charge is -2.26. The summed E-state index contributed by atoms with van der Waals surface area (Å²) in [6.45, 7) is 6.17. The standard InChI is InChI=1S/C15H20N2O2/c1-9-4-5-10(2)12(8-9)11(3)16-13-6-7-14(18)17-15(13)19/h4-5,8,11,13,16H,6-7H2,1-3H3,(H,17,18,19). The van der Waals surface area contributed by atoms with Crippen LogP contribution in [0.2, 0.25) is 0 Å². The van der Waals surface area contributed by atoms with E-state index in [0.717, 1.165) is 0 Å². The first-order valence-corrected chi connectivity index (χ1v) is 6.64.